The molecule has 0 fully saturated rings. The van der Waals surface area contributed by atoms with Gasteiger partial charge in [0.15, 0.2) is 0 Å². The van der Waals surface area contributed by atoms with Crippen LogP contribution in [-0.4, -0.2) is 23.8 Å². The number of ether oxygens (including phenoxy) is 1. The maximum absolute atomic E-state index is 12.3. The van der Waals surface area contributed by atoms with Crippen molar-refractivity contribution in [2.45, 2.75) is 13.5 Å². The number of aromatic nitrogens is 1. The largest absolute Gasteiger partial charge is 0.487 e. The Bertz CT molecular complexity index is 1050. The Balaban J connectivity index is 1.60. The predicted molar refractivity (Wildman–Crippen MR) is 117 cm³/mol. The molecule has 0 unspecified atom stereocenters. The molecule has 2 N–H and O–H groups in total. The molecule has 1 heterocycles. The summed E-state index contributed by atoms with van der Waals surface area (Å²) in [6.07, 6.45) is 4.86. The van der Waals surface area contributed by atoms with Gasteiger partial charge in [-0.05, 0) is 54.5 Å². The number of nitrogens with one attached hydrogen (secondary N) is 2. The molecule has 0 saturated heterocycles. The number of pyridine rings is 1. The molecule has 1 aromatic heterocycles. The zero-order valence-corrected chi connectivity index (χ0v) is 16.9. The molecule has 30 heavy (non-hydrogen) atoms. The lowest BCUT2D eigenvalue weighted by atomic mass is 10.1. The Kier molecular flexibility index (Phi) is 6.95. The number of amides is 2. The van der Waals surface area contributed by atoms with Crippen molar-refractivity contribution in [1.29, 1.82) is 0 Å². The SMILES string of the molecule is CNC(=O)c1c(C)cccc1NC(=O)/C=C/c1ccc(OCc2ccccn2)cc1. The summed E-state index contributed by atoms with van der Waals surface area (Å²) >= 11 is 0. The monoisotopic (exact) mass is 401 g/mol. The van der Waals surface area contributed by atoms with Gasteiger partial charge >= 0.3 is 0 Å². The minimum atomic E-state index is -0.318. The van der Waals surface area contributed by atoms with Crippen LogP contribution in [0.5, 0.6) is 5.75 Å². The van der Waals surface area contributed by atoms with Gasteiger partial charge in [0, 0.05) is 19.3 Å². The maximum atomic E-state index is 12.3. The molecule has 3 aromatic rings. The Labute approximate surface area is 175 Å². The molecule has 3 rings (SSSR count). The summed E-state index contributed by atoms with van der Waals surface area (Å²) in [5.41, 5.74) is 3.42. The summed E-state index contributed by atoms with van der Waals surface area (Å²) in [6.45, 7) is 2.22. The van der Waals surface area contributed by atoms with E-state index in [2.05, 4.69) is 15.6 Å². The summed E-state index contributed by atoms with van der Waals surface area (Å²) in [6, 6.07) is 18.4. The number of hydrogen-bond donors (Lipinski definition) is 2. The highest BCUT2D eigenvalue weighted by Crippen LogP contribution is 2.20. The lowest BCUT2D eigenvalue weighted by molar-refractivity contribution is -0.111. The van der Waals surface area contributed by atoms with Crippen LogP contribution >= 0.6 is 0 Å². The van der Waals surface area contributed by atoms with E-state index >= 15 is 0 Å². The zero-order chi connectivity index (χ0) is 21.3. The van der Waals surface area contributed by atoms with Crippen molar-refractivity contribution in [3.05, 3.63) is 95.3 Å². The zero-order valence-electron chi connectivity index (χ0n) is 16.9. The number of rotatable bonds is 7. The van der Waals surface area contributed by atoms with Crippen LogP contribution < -0.4 is 15.4 Å². The number of anilines is 1. The van der Waals surface area contributed by atoms with Crippen LogP contribution in [0, 0.1) is 6.92 Å². The van der Waals surface area contributed by atoms with E-state index in [1.165, 1.54) is 6.08 Å². The third-order valence-electron chi connectivity index (χ3n) is 4.40. The van der Waals surface area contributed by atoms with Gasteiger partial charge in [0.25, 0.3) is 5.91 Å². The first-order chi connectivity index (χ1) is 14.6. The van der Waals surface area contributed by atoms with Gasteiger partial charge in [-0.15, -0.1) is 0 Å². The highest BCUT2D eigenvalue weighted by Gasteiger charge is 2.13. The van der Waals surface area contributed by atoms with Gasteiger partial charge in [0.2, 0.25) is 5.91 Å². The molecular weight excluding hydrogens is 378 g/mol. The third kappa shape index (κ3) is 5.54. The minimum Gasteiger partial charge on any atom is -0.487 e. The molecule has 2 amide bonds. The van der Waals surface area contributed by atoms with Crippen molar-refractivity contribution in [3.63, 3.8) is 0 Å². The van der Waals surface area contributed by atoms with E-state index in [1.54, 1.807) is 31.5 Å². The fourth-order valence-corrected chi connectivity index (χ4v) is 2.86. The van der Waals surface area contributed by atoms with Gasteiger partial charge < -0.3 is 15.4 Å². The van der Waals surface area contributed by atoms with E-state index < -0.39 is 0 Å². The topological polar surface area (TPSA) is 80.3 Å². The van der Waals surface area contributed by atoms with Crippen LogP contribution in [0.2, 0.25) is 0 Å². The molecule has 0 saturated carbocycles. The van der Waals surface area contributed by atoms with Crippen molar-refractivity contribution in [3.8, 4) is 5.75 Å². The molecular formula is C24H23N3O3. The van der Waals surface area contributed by atoms with Crippen LogP contribution in [-0.2, 0) is 11.4 Å². The Morgan fingerprint density at radius 1 is 1.03 bits per heavy atom. The molecule has 0 aliphatic heterocycles. The van der Waals surface area contributed by atoms with Crippen molar-refractivity contribution in [2.24, 2.45) is 0 Å². The van der Waals surface area contributed by atoms with Crippen molar-refractivity contribution < 1.29 is 14.3 Å². The lowest BCUT2D eigenvalue weighted by Crippen LogP contribution is -2.22. The second-order valence-corrected chi connectivity index (χ2v) is 6.58. The molecule has 152 valence electrons. The fraction of sp³-hybridized carbons (Fsp3) is 0.125. The Morgan fingerprint density at radius 2 is 1.83 bits per heavy atom. The molecule has 2 aromatic carbocycles. The van der Waals surface area contributed by atoms with E-state index in [1.807, 2.05) is 55.5 Å². The molecule has 0 spiro atoms. The maximum Gasteiger partial charge on any atom is 0.253 e. The van der Waals surface area contributed by atoms with E-state index in [4.69, 9.17) is 4.74 Å². The molecule has 6 nitrogen and oxygen atoms in total. The molecule has 0 aliphatic rings. The van der Waals surface area contributed by atoms with Crippen LogP contribution in [0.4, 0.5) is 5.69 Å². The molecule has 0 aliphatic carbocycles. The Hall–Kier alpha value is -3.93. The molecule has 6 heteroatoms. The Morgan fingerprint density at radius 3 is 2.53 bits per heavy atom. The van der Waals surface area contributed by atoms with Gasteiger partial charge in [0.1, 0.15) is 12.4 Å². The first kappa shape index (κ1) is 20.8. The second kappa shape index (κ2) is 10.0. The van der Waals surface area contributed by atoms with E-state index in [0.29, 0.717) is 17.9 Å². The number of aryl methyl sites for hydroxylation is 1. The number of hydrogen-bond acceptors (Lipinski definition) is 4. The van der Waals surface area contributed by atoms with Crippen molar-refractivity contribution in [2.75, 3.05) is 12.4 Å². The summed E-state index contributed by atoms with van der Waals surface area (Å²) in [4.78, 5) is 28.6. The molecule has 0 atom stereocenters. The molecule has 0 radical (unpaired) electrons. The highest BCUT2D eigenvalue weighted by atomic mass is 16.5. The summed E-state index contributed by atoms with van der Waals surface area (Å²) in [5.74, 6) is 0.159. The van der Waals surface area contributed by atoms with E-state index in [-0.39, 0.29) is 11.8 Å². The van der Waals surface area contributed by atoms with Crippen LogP contribution in [0.1, 0.15) is 27.2 Å². The predicted octanol–water partition coefficient (Wildman–Crippen LogP) is 3.98. The van der Waals surface area contributed by atoms with Gasteiger partial charge in [-0.25, -0.2) is 0 Å². The summed E-state index contributed by atoms with van der Waals surface area (Å²) in [5, 5.41) is 5.36. The normalized spacial score (nSPS) is 10.6. The van der Waals surface area contributed by atoms with Crippen LogP contribution in [0.3, 0.4) is 0 Å². The molecule has 0 bridgehead atoms. The number of carbonyl (C=O) groups excluding carboxylic acids is 2. The van der Waals surface area contributed by atoms with Gasteiger partial charge in [0.05, 0.1) is 16.9 Å². The lowest BCUT2D eigenvalue weighted by Gasteiger charge is -2.11. The van der Waals surface area contributed by atoms with Gasteiger partial charge in [-0.1, -0.05) is 30.3 Å². The highest BCUT2D eigenvalue weighted by molar-refractivity contribution is 6.08. The van der Waals surface area contributed by atoms with Gasteiger partial charge in [-0.2, -0.15) is 0 Å². The summed E-state index contributed by atoms with van der Waals surface area (Å²) in [7, 11) is 1.56. The number of carbonyl (C=O) groups is 2. The van der Waals surface area contributed by atoms with E-state index in [9.17, 15) is 9.59 Å². The average Bonchev–Trinajstić information content (AvgIpc) is 2.77. The van der Waals surface area contributed by atoms with Crippen molar-refractivity contribution >= 4 is 23.6 Å². The standard InChI is InChI=1S/C24H23N3O3/c1-17-6-5-8-21(23(17)24(29)25-2)27-22(28)14-11-18-9-12-20(13-10-18)30-16-19-7-3-4-15-26-19/h3-15H,16H2,1-2H3,(H,25,29)(H,27,28)/b14-11+. The summed E-state index contributed by atoms with van der Waals surface area (Å²) < 4.78 is 5.71. The van der Waals surface area contributed by atoms with Gasteiger partial charge in [-0.3, -0.25) is 14.6 Å². The van der Waals surface area contributed by atoms with Crippen LogP contribution in [0.15, 0.2) is 72.9 Å². The van der Waals surface area contributed by atoms with Crippen molar-refractivity contribution in [1.82, 2.24) is 10.3 Å². The smallest absolute Gasteiger partial charge is 0.253 e. The first-order valence-corrected chi connectivity index (χ1v) is 9.50. The number of nitrogens with zero attached hydrogens (tertiary/aromatic N) is 1. The first-order valence-electron chi connectivity index (χ1n) is 9.50. The van der Waals surface area contributed by atoms with E-state index in [0.717, 1.165) is 22.6 Å². The second-order valence-electron chi connectivity index (χ2n) is 6.58. The van der Waals surface area contributed by atoms with Crippen LogP contribution in [0.25, 0.3) is 6.08 Å². The quantitative estimate of drug-likeness (QED) is 0.587. The number of benzene rings is 2. The fourth-order valence-electron chi connectivity index (χ4n) is 2.86. The average molecular weight is 401 g/mol. The minimum absolute atomic E-state index is 0.242. The third-order valence-corrected chi connectivity index (χ3v) is 4.40.